The monoisotopic (exact) mass is 376 g/mol. The molecule has 1 fully saturated rings. The lowest BCUT2D eigenvalue weighted by molar-refractivity contribution is -0.132. The maximum absolute atomic E-state index is 13.6. The maximum Gasteiger partial charge on any atom is 0.254 e. The first-order valence-electron chi connectivity index (χ1n) is 8.71. The fraction of sp³-hybridized carbons (Fsp3) is 0.300. The van der Waals surface area contributed by atoms with E-state index in [1.54, 1.807) is 17.0 Å². The first-order valence-corrected chi connectivity index (χ1v) is 8.71. The van der Waals surface area contributed by atoms with Crippen molar-refractivity contribution < 1.29 is 22.8 Å². The van der Waals surface area contributed by atoms with Crippen LogP contribution in [0.25, 0.3) is 0 Å². The molecule has 0 atom stereocenters. The smallest absolute Gasteiger partial charge is 0.254 e. The van der Waals surface area contributed by atoms with E-state index in [2.05, 4.69) is 5.32 Å². The molecule has 142 valence electrons. The van der Waals surface area contributed by atoms with Crippen molar-refractivity contribution in [2.45, 2.75) is 31.8 Å². The Hall–Kier alpha value is -2.83. The van der Waals surface area contributed by atoms with E-state index in [1.165, 1.54) is 12.1 Å². The first-order chi connectivity index (χ1) is 12.9. The van der Waals surface area contributed by atoms with Crippen LogP contribution in [0.15, 0.2) is 42.5 Å². The second-order valence-corrected chi connectivity index (χ2v) is 6.51. The fourth-order valence-corrected chi connectivity index (χ4v) is 2.79. The number of nitrogens with one attached hydrogen (secondary N) is 1. The van der Waals surface area contributed by atoms with Gasteiger partial charge in [-0.05, 0) is 42.7 Å². The van der Waals surface area contributed by atoms with Gasteiger partial charge in [-0.3, -0.25) is 9.59 Å². The summed E-state index contributed by atoms with van der Waals surface area (Å²) < 4.78 is 39.5. The standard InChI is InChI=1S/C20H19F3N2O2/c21-14-3-1-13(2-4-14)12-25(16-6-7-16)19(26)9-10-24-20(27)17-8-5-15(22)11-18(17)23/h1-5,8,11,16H,6-7,9-10,12H2,(H,24,27). The summed E-state index contributed by atoms with van der Waals surface area (Å²) in [5.41, 5.74) is 0.559. The lowest BCUT2D eigenvalue weighted by Gasteiger charge is -2.23. The molecule has 0 aliphatic heterocycles. The second-order valence-electron chi connectivity index (χ2n) is 6.51. The molecule has 1 aliphatic carbocycles. The van der Waals surface area contributed by atoms with E-state index in [9.17, 15) is 22.8 Å². The van der Waals surface area contributed by atoms with E-state index in [-0.39, 0.29) is 36.3 Å². The number of amides is 2. The molecule has 0 spiro atoms. The van der Waals surface area contributed by atoms with Gasteiger partial charge in [0.1, 0.15) is 17.5 Å². The van der Waals surface area contributed by atoms with Gasteiger partial charge in [0.15, 0.2) is 0 Å². The highest BCUT2D eigenvalue weighted by Gasteiger charge is 2.32. The minimum absolute atomic E-state index is 0.0428. The number of carbonyl (C=O) groups excluding carboxylic acids is 2. The molecule has 7 heteroatoms. The topological polar surface area (TPSA) is 49.4 Å². The zero-order valence-corrected chi connectivity index (χ0v) is 14.6. The molecule has 4 nitrogen and oxygen atoms in total. The van der Waals surface area contributed by atoms with Gasteiger partial charge in [-0.1, -0.05) is 12.1 Å². The summed E-state index contributed by atoms with van der Waals surface area (Å²) in [5, 5.41) is 2.48. The summed E-state index contributed by atoms with van der Waals surface area (Å²) in [6, 6.07) is 8.83. The molecule has 0 heterocycles. The van der Waals surface area contributed by atoms with Crippen LogP contribution in [0.2, 0.25) is 0 Å². The minimum Gasteiger partial charge on any atom is -0.351 e. The van der Waals surface area contributed by atoms with Gasteiger partial charge in [0.05, 0.1) is 5.56 Å². The SMILES string of the molecule is O=C(NCCC(=O)N(Cc1ccc(F)cc1)C1CC1)c1ccc(F)cc1F. The van der Waals surface area contributed by atoms with Crippen LogP contribution in [0.5, 0.6) is 0 Å². The minimum atomic E-state index is -0.949. The highest BCUT2D eigenvalue weighted by Crippen LogP contribution is 2.29. The van der Waals surface area contributed by atoms with Crippen molar-refractivity contribution in [1.82, 2.24) is 10.2 Å². The molecule has 0 unspecified atom stereocenters. The summed E-state index contributed by atoms with van der Waals surface area (Å²) in [6.45, 7) is 0.422. The van der Waals surface area contributed by atoms with Gasteiger partial charge in [-0.2, -0.15) is 0 Å². The van der Waals surface area contributed by atoms with Crippen LogP contribution in [0, 0.1) is 17.5 Å². The average Bonchev–Trinajstić information content (AvgIpc) is 3.46. The number of hydrogen-bond acceptors (Lipinski definition) is 2. The largest absolute Gasteiger partial charge is 0.351 e. The Labute approximate surface area is 155 Å². The summed E-state index contributed by atoms with van der Waals surface area (Å²) in [5.74, 6) is -2.88. The van der Waals surface area contributed by atoms with E-state index >= 15 is 0 Å². The van der Waals surface area contributed by atoms with Crippen LogP contribution >= 0.6 is 0 Å². The fourth-order valence-electron chi connectivity index (χ4n) is 2.79. The van der Waals surface area contributed by atoms with Crippen LogP contribution in [0.4, 0.5) is 13.2 Å². The number of carbonyl (C=O) groups is 2. The molecule has 0 aromatic heterocycles. The van der Waals surface area contributed by atoms with Crippen LogP contribution < -0.4 is 5.32 Å². The van der Waals surface area contributed by atoms with Crippen molar-refractivity contribution >= 4 is 11.8 Å². The van der Waals surface area contributed by atoms with E-state index in [1.807, 2.05) is 0 Å². The third kappa shape index (κ3) is 5.09. The van der Waals surface area contributed by atoms with Gasteiger partial charge in [-0.15, -0.1) is 0 Å². The van der Waals surface area contributed by atoms with Crippen molar-refractivity contribution in [3.8, 4) is 0 Å². The number of hydrogen-bond donors (Lipinski definition) is 1. The van der Waals surface area contributed by atoms with Crippen molar-refractivity contribution in [2.75, 3.05) is 6.54 Å². The number of rotatable bonds is 7. The lowest BCUT2D eigenvalue weighted by atomic mass is 10.2. The summed E-state index contributed by atoms with van der Waals surface area (Å²) in [6.07, 6.45) is 1.90. The third-order valence-corrected chi connectivity index (χ3v) is 4.37. The Balaban J connectivity index is 1.53. The van der Waals surface area contributed by atoms with Crippen molar-refractivity contribution in [3.63, 3.8) is 0 Å². The Kier molecular flexibility index (Phi) is 5.78. The second kappa shape index (κ2) is 8.24. The Bertz CT molecular complexity index is 836. The van der Waals surface area contributed by atoms with Crippen molar-refractivity contribution in [3.05, 3.63) is 71.0 Å². The number of nitrogens with zero attached hydrogens (tertiary/aromatic N) is 1. The molecule has 2 amide bonds. The predicted octanol–water partition coefficient (Wildman–Crippen LogP) is 3.42. The van der Waals surface area contributed by atoms with Gasteiger partial charge in [-0.25, -0.2) is 13.2 Å². The number of halogens is 3. The molecule has 27 heavy (non-hydrogen) atoms. The van der Waals surface area contributed by atoms with E-state index in [0.29, 0.717) is 12.6 Å². The van der Waals surface area contributed by atoms with Crippen molar-refractivity contribution in [2.24, 2.45) is 0 Å². The Morgan fingerprint density at radius 1 is 1.00 bits per heavy atom. The Morgan fingerprint density at radius 3 is 2.30 bits per heavy atom. The zero-order valence-electron chi connectivity index (χ0n) is 14.6. The van der Waals surface area contributed by atoms with Crippen LogP contribution in [0.1, 0.15) is 35.2 Å². The van der Waals surface area contributed by atoms with Crippen molar-refractivity contribution in [1.29, 1.82) is 0 Å². The quantitative estimate of drug-likeness (QED) is 0.805. The Morgan fingerprint density at radius 2 is 1.67 bits per heavy atom. The molecule has 2 aromatic rings. The predicted molar refractivity (Wildman–Crippen MR) is 93.3 cm³/mol. The molecule has 0 bridgehead atoms. The third-order valence-electron chi connectivity index (χ3n) is 4.37. The van der Waals surface area contributed by atoms with Gasteiger partial charge in [0.2, 0.25) is 5.91 Å². The highest BCUT2D eigenvalue weighted by atomic mass is 19.1. The molecule has 1 aliphatic rings. The number of benzene rings is 2. The van der Waals surface area contributed by atoms with Gasteiger partial charge in [0, 0.05) is 31.6 Å². The summed E-state index contributed by atoms with van der Waals surface area (Å²) in [4.78, 5) is 26.2. The van der Waals surface area contributed by atoms with E-state index in [0.717, 1.165) is 30.5 Å². The van der Waals surface area contributed by atoms with E-state index < -0.39 is 17.5 Å². The summed E-state index contributed by atoms with van der Waals surface area (Å²) in [7, 11) is 0. The highest BCUT2D eigenvalue weighted by molar-refractivity contribution is 5.94. The molecular weight excluding hydrogens is 357 g/mol. The molecule has 0 saturated heterocycles. The van der Waals surface area contributed by atoms with Crippen LogP contribution in [0.3, 0.4) is 0 Å². The van der Waals surface area contributed by atoms with Crippen LogP contribution in [-0.4, -0.2) is 29.3 Å². The van der Waals surface area contributed by atoms with Crippen LogP contribution in [-0.2, 0) is 11.3 Å². The molecular formula is C20H19F3N2O2. The molecule has 1 saturated carbocycles. The molecule has 3 rings (SSSR count). The molecule has 0 radical (unpaired) electrons. The molecule has 1 N–H and O–H groups in total. The van der Waals surface area contributed by atoms with E-state index in [4.69, 9.17) is 0 Å². The van der Waals surface area contributed by atoms with Gasteiger partial charge >= 0.3 is 0 Å². The van der Waals surface area contributed by atoms with Gasteiger partial charge < -0.3 is 10.2 Å². The normalized spacial score (nSPS) is 13.3. The molecule has 2 aromatic carbocycles. The van der Waals surface area contributed by atoms with Gasteiger partial charge in [0.25, 0.3) is 5.91 Å². The maximum atomic E-state index is 13.6. The zero-order chi connectivity index (χ0) is 19.4. The first kappa shape index (κ1) is 18.9. The average molecular weight is 376 g/mol. The summed E-state index contributed by atoms with van der Waals surface area (Å²) >= 11 is 0. The lowest BCUT2D eigenvalue weighted by Crippen LogP contribution is -2.35.